The number of carbonyl (C=O) groups is 8. The molecule has 412 valence electrons. The average molecular weight is 1040 g/mol. The van der Waals surface area contributed by atoms with Crippen LogP contribution in [0.2, 0.25) is 0 Å². The Labute approximate surface area is 440 Å². The average Bonchev–Trinajstić information content (AvgIpc) is 3.95. The van der Waals surface area contributed by atoms with Crippen LogP contribution in [0.4, 0.5) is 0 Å². The Morgan fingerprint density at radius 3 is 2.11 bits per heavy atom. The van der Waals surface area contributed by atoms with Gasteiger partial charge in [0, 0.05) is 78.9 Å². The standard InChI is InChI=1S/C56H90N4O12S/c1-14-16-29-73-47-34-50(65)60(55(47)67)27-21-17-18-26-48(63)57(9)51(36(5)6)44(62)32-41(35(3)4)54(66)58(10)52(37(7)15-2)46(71-12)33-49(64)59-28-22-24-42(59)53(72-13)38(8)43(61)31-40(56(68)69)30-39-23-19-20-25-45(39)70-11/h19-20,23,25,35-38,40-42,46-47,51-53H,14-18,21-22,24,26-34H2,1-13H3,(H,68,69)/t37-,38-,40+,41-,42-,46+,47?,51-,52-,53+/m0/s1. The SMILES string of the molecule is CCCCSC1CC(=O)N(CCCCCC(=O)N(C)[C@H](C(=O)C[C@H](C(=O)N(C)[C@@H]([C@@H](C)CC)[C@@H](CC(=O)N2CCC[C@H]2[C@H](OC)[C@@H](C)C(=O)C[C@@H](Cc2ccccc2OC)C(=O)O)OC)C(C)C)C(C)C)C1=O. The van der Waals surface area contributed by atoms with E-state index in [0.717, 1.165) is 18.6 Å². The molecule has 17 heteroatoms. The number of likely N-dealkylation sites (N-methyl/N-ethyl adjacent to an activating group) is 2. The molecule has 0 aliphatic carbocycles. The first-order valence-corrected chi connectivity index (χ1v) is 27.9. The largest absolute Gasteiger partial charge is 0.496 e. The van der Waals surface area contributed by atoms with Gasteiger partial charge in [0.1, 0.15) is 11.5 Å². The molecule has 0 radical (unpaired) electrons. The molecule has 0 bridgehead atoms. The van der Waals surface area contributed by atoms with Gasteiger partial charge < -0.3 is 34.0 Å². The van der Waals surface area contributed by atoms with Gasteiger partial charge in [-0.15, -0.1) is 11.8 Å². The van der Waals surface area contributed by atoms with Gasteiger partial charge in [0.15, 0.2) is 5.78 Å². The molecule has 3 rings (SSSR count). The number of carbonyl (C=O) groups excluding carboxylic acids is 7. The summed E-state index contributed by atoms with van der Waals surface area (Å²) < 4.78 is 17.5. The molecule has 0 saturated carbocycles. The minimum Gasteiger partial charge on any atom is -0.496 e. The number of benzene rings is 1. The molecular weight excluding hydrogens is 953 g/mol. The molecule has 73 heavy (non-hydrogen) atoms. The summed E-state index contributed by atoms with van der Waals surface area (Å²) in [7, 11) is 7.89. The highest BCUT2D eigenvalue weighted by molar-refractivity contribution is 8.00. The molecule has 10 atom stereocenters. The second-order valence-electron chi connectivity index (χ2n) is 21.1. The lowest BCUT2D eigenvalue weighted by molar-refractivity contribution is -0.150. The van der Waals surface area contributed by atoms with Crippen LogP contribution in [0.5, 0.6) is 5.75 Å². The van der Waals surface area contributed by atoms with Crippen LogP contribution in [0.3, 0.4) is 0 Å². The summed E-state index contributed by atoms with van der Waals surface area (Å²) >= 11 is 1.55. The third-order valence-corrected chi connectivity index (χ3v) is 16.7. The predicted molar refractivity (Wildman–Crippen MR) is 284 cm³/mol. The molecule has 1 aromatic rings. The van der Waals surface area contributed by atoms with Gasteiger partial charge in [0.25, 0.3) is 0 Å². The van der Waals surface area contributed by atoms with E-state index in [0.29, 0.717) is 62.9 Å². The Hall–Kier alpha value is -4.35. The number of hydrogen-bond donors (Lipinski definition) is 1. The van der Waals surface area contributed by atoms with Gasteiger partial charge in [0.2, 0.25) is 29.5 Å². The van der Waals surface area contributed by atoms with Crippen LogP contribution in [-0.2, 0) is 54.3 Å². The molecule has 2 fully saturated rings. The number of thioether (sulfide) groups is 1. The summed E-state index contributed by atoms with van der Waals surface area (Å²) in [5.74, 6) is -4.08. The third-order valence-electron chi connectivity index (χ3n) is 15.4. The summed E-state index contributed by atoms with van der Waals surface area (Å²) in [6.07, 6.45) is 4.53. The van der Waals surface area contributed by atoms with Crippen molar-refractivity contribution in [3.8, 4) is 5.75 Å². The van der Waals surface area contributed by atoms with E-state index in [1.807, 2.05) is 41.5 Å². The van der Waals surface area contributed by atoms with Crippen LogP contribution >= 0.6 is 11.8 Å². The van der Waals surface area contributed by atoms with Crippen LogP contribution in [-0.4, -0.2) is 162 Å². The van der Waals surface area contributed by atoms with Gasteiger partial charge in [-0.1, -0.05) is 92.9 Å². The maximum absolute atomic E-state index is 14.7. The van der Waals surface area contributed by atoms with Crippen LogP contribution in [0, 0.1) is 35.5 Å². The number of rotatable bonds is 34. The maximum Gasteiger partial charge on any atom is 0.307 e. The minimum absolute atomic E-state index is 0.0563. The lowest BCUT2D eigenvalue weighted by atomic mass is 9.83. The fraction of sp³-hybridized carbons (Fsp3) is 0.750. The third kappa shape index (κ3) is 17.3. The van der Waals surface area contributed by atoms with Crippen molar-refractivity contribution in [1.29, 1.82) is 0 Å². The fourth-order valence-corrected chi connectivity index (χ4v) is 12.1. The molecule has 1 N–H and O–H groups in total. The van der Waals surface area contributed by atoms with Crippen molar-refractivity contribution in [1.82, 2.24) is 19.6 Å². The van der Waals surface area contributed by atoms with Crippen LogP contribution < -0.4 is 4.74 Å². The van der Waals surface area contributed by atoms with E-state index in [-0.39, 0.29) is 103 Å². The molecule has 2 aliphatic rings. The molecule has 5 amide bonds. The van der Waals surface area contributed by atoms with Gasteiger partial charge in [-0.3, -0.25) is 43.3 Å². The Balaban J connectivity index is 1.69. The number of carboxylic acids is 1. The molecule has 1 aromatic carbocycles. The summed E-state index contributed by atoms with van der Waals surface area (Å²) in [4.78, 5) is 115. The molecule has 0 aromatic heterocycles. The topological polar surface area (TPSA) is 197 Å². The highest BCUT2D eigenvalue weighted by Crippen LogP contribution is 2.33. The van der Waals surface area contributed by atoms with Crippen molar-refractivity contribution in [2.75, 3.05) is 54.3 Å². The summed E-state index contributed by atoms with van der Waals surface area (Å²) in [6, 6.07) is 5.38. The highest BCUT2D eigenvalue weighted by Gasteiger charge is 2.44. The van der Waals surface area contributed by atoms with Crippen LogP contribution in [0.1, 0.15) is 144 Å². The summed E-state index contributed by atoms with van der Waals surface area (Å²) in [5, 5.41) is 9.84. The van der Waals surface area contributed by atoms with Gasteiger partial charge in [-0.05, 0) is 73.7 Å². The second kappa shape index (κ2) is 30.9. The zero-order valence-electron chi connectivity index (χ0n) is 46.4. The number of aliphatic carboxylic acids is 1. The normalized spacial score (nSPS) is 19.3. The number of ether oxygens (including phenoxy) is 3. The van der Waals surface area contributed by atoms with Crippen molar-refractivity contribution in [3.63, 3.8) is 0 Å². The molecular formula is C56H90N4O12S. The van der Waals surface area contributed by atoms with E-state index in [1.165, 1.54) is 31.1 Å². The van der Waals surface area contributed by atoms with E-state index in [2.05, 4.69) is 6.92 Å². The lowest BCUT2D eigenvalue weighted by Crippen LogP contribution is -2.54. The molecule has 2 aliphatic heterocycles. The van der Waals surface area contributed by atoms with Crippen molar-refractivity contribution < 1.29 is 57.7 Å². The van der Waals surface area contributed by atoms with E-state index < -0.39 is 54.1 Å². The Kier molecular flexibility index (Phi) is 26.6. The van der Waals surface area contributed by atoms with Crippen LogP contribution in [0.15, 0.2) is 24.3 Å². The molecule has 16 nitrogen and oxygen atoms in total. The Bertz CT molecular complexity index is 2000. The van der Waals surface area contributed by atoms with Gasteiger partial charge in [0.05, 0.1) is 55.0 Å². The monoisotopic (exact) mass is 1040 g/mol. The number of nitrogens with zero attached hydrogens (tertiary/aromatic N) is 4. The fourth-order valence-electron chi connectivity index (χ4n) is 10.8. The lowest BCUT2D eigenvalue weighted by Gasteiger charge is -2.41. The Morgan fingerprint density at radius 1 is 0.836 bits per heavy atom. The van der Waals surface area contributed by atoms with Crippen LogP contribution in [0.25, 0.3) is 0 Å². The number of methoxy groups -OCH3 is 3. The predicted octanol–water partition coefficient (Wildman–Crippen LogP) is 7.75. The van der Waals surface area contributed by atoms with Crippen molar-refractivity contribution in [3.05, 3.63) is 29.8 Å². The first-order chi connectivity index (χ1) is 34.6. The number of imide groups is 1. The first kappa shape index (κ1) is 62.9. The molecule has 1 unspecified atom stereocenters. The number of Topliss-reactive ketones (excluding diaryl/α,β-unsaturated/α-hetero) is 2. The van der Waals surface area contributed by atoms with E-state index >= 15 is 0 Å². The number of carboxylic acid groups (broad SMARTS) is 1. The van der Waals surface area contributed by atoms with E-state index in [9.17, 15) is 43.5 Å². The minimum atomic E-state index is -1.09. The summed E-state index contributed by atoms with van der Waals surface area (Å²) in [6.45, 7) is 16.2. The Morgan fingerprint density at radius 2 is 1.52 bits per heavy atom. The highest BCUT2D eigenvalue weighted by atomic mass is 32.2. The van der Waals surface area contributed by atoms with E-state index in [1.54, 1.807) is 66.8 Å². The molecule has 2 heterocycles. The zero-order chi connectivity index (χ0) is 54.7. The number of para-hydroxylation sites is 1. The quantitative estimate of drug-likeness (QED) is 0.0520. The van der Waals surface area contributed by atoms with Crippen molar-refractivity contribution in [2.45, 2.75) is 181 Å². The van der Waals surface area contributed by atoms with Crippen molar-refractivity contribution in [2.24, 2.45) is 35.5 Å². The van der Waals surface area contributed by atoms with Gasteiger partial charge >= 0.3 is 5.97 Å². The maximum atomic E-state index is 14.7. The van der Waals surface area contributed by atoms with Gasteiger partial charge in [-0.2, -0.15) is 0 Å². The second-order valence-corrected chi connectivity index (χ2v) is 22.4. The number of amides is 5. The van der Waals surface area contributed by atoms with Crippen molar-refractivity contribution >= 4 is 58.8 Å². The first-order valence-electron chi connectivity index (χ1n) is 26.8. The van der Waals surface area contributed by atoms with E-state index in [4.69, 9.17) is 14.2 Å². The van der Waals surface area contributed by atoms with Gasteiger partial charge in [-0.25, -0.2) is 0 Å². The number of hydrogen-bond acceptors (Lipinski definition) is 12. The summed E-state index contributed by atoms with van der Waals surface area (Å²) in [5.41, 5.74) is 0.689. The number of unbranched alkanes of at least 4 members (excludes halogenated alkanes) is 3. The number of likely N-dealkylation sites (tertiary alicyclic amines) is 2. The number of ketones is 2. The smallest absolute Gasteiger partial charge is 0.307 e. The zero-order valence-corrected chi connectivity index (χ0v) is 47.2. The molecule has 2 saturated heterocycles. The molecule has 0 spiro atoms.